The molecular weight excluding hydrogens is 445 g/mol. The summed E-state index contributed by atoms with van der Waals surface area (Å²) in [5, 5.41) is 9.85. The van der Waals surface area contributed by atoms with Gasteiger partial charge in [0.25, 0.3) is 0 Å². The highest BCUT2D eigenvalue weighted by Gasteiger charge is 2.31. The molecule has 0 aliphatic carbocycles. The molecule has 2 aromatic carbocycles. The van der Waals surface area contributed by atoms with E-state index < -0.39 is 17.7 Å². The molecule has 0 amide bonds. The van der Waals surface area contributed by atoms with Crippen molar-refractivity contribution in [3.63, 3.8) is 0 Å². The summed E-state index contributed by atoms with van der Waals surface area (Å²) in [6.45, 7) is 7.64. The molecule has 0 spiro atoms. The number of hydrogen-bond acceptors (Lipinski definition) is 3. The topological polar surface area (TPSA) is 68.3 Å². The van der Waals surface area contributed by atoms with Crippen LogP contribution in [-0.2, 0) is 12.7 Å². The Morgan fingerprint density at radius 1 is 1.15 bits per heavy atom. The number of rotatable bonds is 5. The number of oxazole rings is 1. The third-order valence-corrected chi connectivity index (χ3v) is 4.98. The molecule has 1 N–H and O–H groups in total. The minimum Gasteiger partial charge on any atom is -0.477 e. The second kappa shape index (κ2) is 10.2. The third-order valence-electron chi connectivity index (χ3n) is 4.98. The molecule has 2 heterocycles. The van der Waals surface area contributed by atoms with Crippen molar-refractivity contribution in [1.29, 1.82) is 0 Å². The van der Waals surface area contributed by atoms with Crippen molar-refractivity contribution in [3.8, 4) is 11.5 Å². The van der Waals surface area contributed by atoms with E-state index in [1.54, 1.807) is 24.3 Å². The molecule has 0 aliphatic heterocycles. The Bertz CT molecular complexity index is 1310. The summed E-state index contributed by atoms with van der Waals surface area (Å²) in [6.07, 6.45) is 2.48. The number of hydrogen-bond donors (Lipinski definition) is 1. The average Bonchev–Trinajstić information content (AvgIpc) is 3.39. The lowest BCUT2D eigenvalue weighted by Crippen LogP contribution is -2.11. The number of allylic oxidation sites excluding steroid dienone is 2. The summed E-state index contributed by atoms with van der Waals surface area (Å²) in [4.78, 5) is 16.4. The Morgan fingerprint density at radius 3 is 2.44 bits per heavy atom. The molecule has 4 aromatic rings. The highest BCUT2D eigenvalue weighted by Crippen LogP contribution is 2.34. The fourth-order valence-electron chi connectivity index (χ4n) is 3.33. The van der Waals surface area contributed by atoms with E-state index in [1.165, 1.54) is 29.0 Å². The molecule has 5 nitrogen and oxygen atoms in total. The average molecular weight is 468 g/mol. The van der Waals surface area contributed by atoms with E-state index in [0.717, 1.165) is 12.1 Å². The smallest absolute Gasteiger partial charge is 0.416 e. The molecule has 0 radical (unpaired) electrons. The van der Waals surface area contributed by atoms with E-state index in [0.29, 0.717) is 22.2 Å². The van der Waals surface area contributed by atoms with Crippen molar-refractivity contribution in [2.45, 2.75) is 26.6 Å². The number of aromatic nitrogens is 2. The van der Waals surface area contributed by atoms with Gasteiger partial charge in [0.2, 0.25) is 5.89 Å². The zero-order chi connectivity index (χ0) is 24.9. The van der Waals surface area contributed by atoms with Crippen LogP contribution in [0.25, 0.3) is 28.6 Å². The quantitative estimate of drug-likeness (QED) is 0.312. The van der Waals surface area contributed by atoms with Gasteiger partial charge >= 0.3 is 12.1 Å². The van der Waals surface area contributed by atoms with E-state index in [1.807, 2.05) is 26.0 Å². The van der Waals surface area contributed by atoms with Crippen LogP contribution in [0.3, 0.4) is 0 Å². The lowest BCUT2D eigenvalue weighted by molar-refractivity contribution is -0.137. The molecule has 0 bridgehead atoms. The number of carbonyl (C=O) groups is 1. The Labute approximate surface area is 194 Å². The zero-order valence-electron chi connectivity index (χ0n) is 18.6. The largest absolute Gasteiger partial charge is 0.477 e. The first-order chi connectivity index (χ1) is 16.2. The molecule has 176 valence electrons. The summed E-state index contributed by atoms with van der Waals surface area (Å²) in [7, 11) is 0. The summed E-state index contributed by atoms with van der Waals surface area (Å²) in [5.41, 5.74) is 1.09. The predicted molar refractivity (Wildman–Crippen MR) is 126 cm³/mol. The highest BCUT2D eigenvalue weighted by atomic mass is 19.4. The number of carboxylic acids is 1. The monoisotopic (exact) mass is 468 g/mol. The molecule has 0 aliphatic rings. The van der Waals surface area contributed by atoms with Gasteiger partial charge in [0.1, 0.15) is 11.2 Å². The zero-order valence-corrected chi connectivity index (χ0v) is 18.6. The number of aromatic carboxylic acids is 1. The molecule has 2 aromatic heterocycles. The summed E-state index contributed by atoms with van der Waals surface area (Å²) >= 11 is 0. The lowest BCUT2D eigenvalue weighted by atomic mass is 10.1. The summed E-state index contributed by atoms with van der Waals surface area (Å²) in [5.74, 6) is -1.15. The minimum atomic E-state index is -4.49. The van der Waals surface area contributed by atoms with E-state index >= 15 is 0 Å². The van der Waals surface area contributed by atoms with Crippen molar-refractivity contribution in [2.75, 3.05) is 0 Å². The van der Waals surface area contributed by atoms with Gasteiger partial charge in [-0.05, 0) is 43.7 Å². The maximum Gasteiger partial charge on any atom is 0.416 e. The fourth-order valence-corrected chi connectivity index (χ4v) is 3.33. The van der Waals surface area contributed by atoms with E-state index in [-0.39, 0.29) is 23.7 Å². The molecule has 8 heteroatoms. The Hall–Kier alpha value is -4.07. The molecular formula is C26H23F3N2O3. The van der Waals surface area contributed by atoms with Gasteiger partial charge in [-0.15, -0.1) is 0 Å². The van der Waals surface area contributed by atoms with Crippen LogP contribution in [0.2, 0.25) is 0 Å². The van der Waals surface area contributed by atoms with Crippen molar-refractivity contribution < 1.29 is 27.5 Å². The third kappa shape index (κ3) is 5.28. The first-order valence-electron chi connectivity index (χ1n) is 10.4. The van der Waals surface area contributed by atoms with Crippen molar-refractivity contribution in [2.24, 2.45) is 0 Å². The van der Waals surface area contributed by atoms with E-state index in [9.17, 15) is 23.1 Å². The first-order valence-corrected chi connectivity index (χ1v) is 10.4. The second-order valence-corrected chi connectivity index (χ2v) is 7.30. The van der Waals surface area contributed by atoms with Crippen molar-refractivity contribution >= 4 is 23.1 Å². The van der Waals surface area contributed by atoms with Crippen LogP contribution in [0.4, 0.5) is 13.2 Å². The number of para-hydroxylation sites is 2. The van der Waals surface area contributed by atoms with Gasteiger partial charge in [-0.1, -0.05) is 49.1 Å². The van der Waals surface area contributed by atoms with Crippen molar-refractivity contribution in [3.05, 3.63) is 95.8 Å². The van der Waals surface area contributed by atoms with Gasteiger partial charge in [0.05, 0.1) is 11.1 Å². The standard InChI is InChI=1S/C22H15F3N2O3.C4H8/c1-2-14-12-27(11-13-6-5-7-15(10-13)22(23,24)25)19(21(28)29)18(14)20-26-16-8-3-4-9-17(16)30-20;1-3-4-2/h2-10,12H,1,11H2,(H,28,29);3-4H,1-2H3/b;4-3-. The van der Waals surface area contributed by atoms with Crippen LogP contribution in [0, 0.1) is 0 Å². The summed E-state index contributed by atoms with van der Waals surface area (Å²) < 4.78 is 46.2. The van der Waals surface area contributed by atoms with Crippen molar-refractivity contribution in [1.82, 2.24) is 9.55 Å². The fraction of sp³-hybridized carbons (Fsp3) is 0.154. The highest BCUT2D eigenvalue weighted by molar-refractivity contribution is 5.97. The van der Waals surface area contributed by atoms with Gasteiger partial charge in [0, 0.05) is 18.3 Å². The Kier molecular flexibility index (Phi) is 7.40. The number of carboxylic acid groups (broad SMARTS) is 1. The van der Waals surface area contributed by atoms with Crippen LogP contribution in [0.5, 0.6) is 0 Å². The maximum atomic E-state index is 13.0. The van der Waals surface area contributed by atoms with Crippen LogP contribution in [-0.4, -0.2) is 20.6 Å². The normalized spacial score (nSPS) is 11.4. The van der Waals surface area contributed by atoms with Gasteiger partial charge in [-0.25, -0.2) is 9.78 Å². The molecule has 0 unspecified atom stereocenters. The molecule has 0 fully saturated rings. The molecule has 34 heavy (non-hydrogen) atoms. The van der Waals surface area contributed by atoms with Gasteiger partial charge in [-0.3, -0.25) is 0 Å². The summed E-state index contributed by atoms with van der Waals surface area (Å²) in [6, 6.07) is 11.7. The molecule has 0 atom stereocenters. The molecule has 4 rings (SSSR count). The number of fused-ring (bicyclic) bond motifs is 1. The Morgan fingerprint density at radius 2 is 1.85 bits per heavy atom. The number of nitrogens with zero attached hydrogens (tertiary/aromatic N) is 2. The second-order valence-electron chi connectivity index (χ2n) is 7.30. The van der Waals surface area contributed by atoms with Gasteiger partial charge in [0.15, 0.2) is 5.58 Å². The predicted octanol–water partition coefficient (Wildman–Crippen LogP) is 7.29. The molecule has 0 saturated carbocycles. The molecule has 0 saturated heterocycles. The minimum absolute atomic E-state index is 0.0768. The lowest BCUT2D eigenvalue weighted by Gasteiger charge is -2.11. The van der Waals surface area contributed by atoms with E-state index in [2.05, 4.69) is 11.6 Å². The van der Waals surface area contributed by atoms with Gasteiger partial charge in [-0.2, -0.15) is 13.2 Å². The Balaban J connectivity index is 0.000000751. The van der Waals surface area contributed by atoms with Crippen LogP contribution in [0.15, 0.2) is 77.9 Å². The van der Waals surface area contributed by atoms with Crippen LogP contribution >= 0.6 is 0 Å². The maximum absolute atomic E-state index is 13.0. The van der Waals surface area contributed by atoms with E-state index in [4.69, 9.17) is 4.42 Å². The van der Waals surface area contributed by atoms with Crippen LogP contribution < -0.4 is 0 Å². The van der Waals surface area contributed by atoms with Crippen LogP contribution in [0.1, 0.15) is 41.0 Å². The number of halogens is 3. The van der Waals surface area contributed by atoms with Gasteiger partial charge < -0.3 is 14.1 Å². The number of alkyl halides is 3. The first kappa shape index (κ1) is 24.6. The number of benzene rings is 2. The SMILES string of the molecule is C/C=C\C.C=Cc1cn(Cc2cccc(C(F)(F)F)c2)c(C(=O)O)c1-c1nc2ccccc2o1.